The summed E-state index contributed by atoms with van der Waals surface area (Å²) in [5.41, 5.74) is 5.36. The molecule has 0 bridgehead atoms. The number of carbonyl (C=O) groups is 1. The number of hydrogen-bond acceptors (Lipinski definition) is 7. The second-order valence-corrected chi connectivity index (χ2v) is 9.16. The number of aryl methyl sites for hydroxylation is 2. The van der Waals surface area contributed by atoms with Gasteiger partial charge in [-0.1, -0.05) is 42.1 Å². The minimum absolute atomic E-state index is 0.120. The van der Waals surface area contributed by atoms with Crippen molar-refractivity contribution in [1.82, 2.24) is 39.7 Å². The van der Waals surface area contributed by atoms with Gasteiger partial charge in [0.2, 0.25) is 5.16 Å². The molecule has 1 unspecified atom stereocenters. The molecule has 0 saturated heterocycles. The predicted molar refractivity (Wildman–Crippen MR) is 133 cm³/mol. The fourth-order valence-electron chi connectivity index (χ4n) is 3.83. The maximum absolute atomic E-state index is 13.1. The molecule has 3 aromatic heterocycles. The maximum Gasteiger partial charge on any atom is 0.253 e. The fourth-order valence-corrected chi connectivity index (χ4v) is 4.66. The van der Waals surface area contributed by atoms with Crippen LogP contribution in [-0.2, 0) is 5.75 Å². The molecule has 5 rings (SSSR count). The molecule has 0 aliphatic rings. The average molecular weight is 485 g/mol. The summed E-state index contributed by atoms with van der Waals surface area (Å²) in [5, 5.41) is 12.4. The van der Waals surface area contributed by atoms with Crippen molar-refractivity contribution in [3.8, 4) is 5.69 Å². The smallest absolute Gasteiger partial charge is 0.253 e. The second-order valence-electron chi connectivity index (χ2n) is 8.22. The average Bonchev–Trinajstić information content (AvgIpc) is 3.53. The molecule has 0 saturated carbocycles. The summed E-state index contributed by atoms with van der Waals surface area (Å²) in [6, 6.07) is 17.3. The fraction of sp³-hybridized carbons (Fsp3) is 0.200. The first-order valence-corrected chi connectivity index (χ1v) is 12.1. The van der Waals surface area contributed by atoms with Crippen molar-refractivity contribution in [1.29, 1.82) is 0 Å². The van der Waals surface area contributed by atoms with Crippen LogP contribution in [0.25, 0.3) is 11.5 Å². The molecule has 5 aromatic rings. The van der Waals surface area contributed by atoms with Crippen LogP contribution in [0.3, 0.4) is 0 Å². The number of hydrogen-bond donors (Lipinski definition) is 1. The van der Waals surface area contributed by atoms with Crippen LogP contribution in [0, 0.1) is 13.8 Å². The number of rotatable bonds is 7. The van der Waals surface area contributed by atoms with Crippen LogP contribution < -0.4 is 5.32 Å². The predicted octanol–water partition coefficient (Wildman–Crippen LogP) is 4.11. The Morgan fingerprint density at radius 3 is 2.66 bits per heavy atom. The van der Waals surface area contributed by atoms with Crippen molar-refractivity contribution in [2.24, 2.45) is 0 Å². The first-order chi connectivity index (χ1) is 17.0. The van der Waals surface area contributed by atoms with E-state index in [0.717, 1.165) is 28.2 Å². The van der Waals surface area contributed by atoms with Gasteiger partial charge in [0.1, 0.15) is 12.7 Å². The molecular weight excluding hydrogens is 460 g/mol. The van der Waals surface area contributed by atoms with Crippen LogP contribution in [0.5, 0.6) is 0 Å². The molecule has 1 N–H and O–H groups in total. The van der Waals surface area contributed by atoms with Gasteiger partial charge in [0.05, 0.1) is 11.7 Å². The maximum atomic E-state index is 13.1. The standard InChI is InChI=1S/C25H24N8OS/c1-16-12-17(2)33-24(28-16)30-25(31-33)35-13-20-6-4-5-7-22(20)23(34)29-18(3)19-8-10-21(11-9-19)32-15-26-14-27-32/h4-12,14-15,18H,13H2,1-3H3,(H,29,34). The van der Waals surface area contributed by atoms with E-state index >= 15 is 0 Å². The van der Waals surface area contributed by atoms with Gasteiger partial charge >= 0.3 is 0 Å². The molecule has 3 heterocycles. The van der Waals surface area contributed by atoms with Crippen molar-refractivity contribution in [2.75, 3.05) is 0 Å². The van der Waals surface area contributed by atoms with E-state index in [1.165, 1.54) is 18.1 Å². The molecule has 35 heavy (non-hydrogen) atoms. The third kappa shape index (κ3) is 4.92. The van der Waals surface area contributed by atoms with E-state index in [0.29, 0.717) is 22.3 Å². The molecule has 0 radical (unpaired) electrons. The normalized spacial score (nSPS) is 12.1. The lowest BCUT2D eigenvalue weighted by molar-refractivity contribution is 0.0939. The molecule has 9 nitrogen and oxygen atoms in total. The van der Waals surface area contributed by atoms with Crippen molar-refractivity contribution in [2.45, 2.75) is 37.7 Å². The van der Waals surface area contributed by atoms with Crippen LogP contribution in [0.2, 0.25) is 0 Å². The van der Waals surface area contributed by atoms with E-state index in [9.17, 15) is 4.79 Å². The van der Waals surface area contributed by atoms with E-state index in [4.69, 9.17) is 0 Å². The van der Waals surface area contributed by atoms with Crippen molar-refractivity contribution >= 4 is 23.4 Å². The quantitative estimate of drug-likeness (QED) is 0.347. The third-order valence-corrected chi connectivity index (χ3v) is 6.53. The highest BCUT2D eigenvalue weighted by atomic mass is 32.2. The summed E-state index contributed by atoms with van der Waals surface area (Å²) < 4.78 is 3.43. The number of aromatic nitrogens is 7. The Kier molecular flexibility index (Phi) is 6.28. The van der Waals surface area contributed by atoms with Crippen LogP contribution in [0.15, 0.2) is 72.4 Å². The van der Waals surface area contributed by atoms with Gasteiger partial charge in [0.15, 0.2) is 0 Å². The van der Waals surface area contributed by atoms with E-state index in [1.807, 2.05) is 75.4 Å². The van der Waals surface area contributed by atoms with Gasteiger partial charge < -0.3 is 5.32 Å². The highest BCUT2D eigenvalue weighted by molar-refractivity contribution is 7.98. The monoisotopic (exact) mass is 484 g/mol. The van der Waals surface area contributed by atoms with E-state index < -0.39 is 0 Å². The molecule has 0 spiro atoms. The van der Waals surface area contributed by atoms with Gasteiger partial charge in [-0.05, 0) is 56.2 Å². The molecule has 0 aliphatic carbocycles. The zero-order valence-corrected chi connectivity index (χ0v) is 20.4. The van der Waals surface area contributed by atoms with Gasteiger partial charge in [-0.25, -0.2) is 19.2 Å². The first kappa shape index (κ1) is 22.7. The van der Waals surface area contributed by atoms with Crippen LogP contribution >= 0.6 is 11.8 Å². The Morgan fingerprint density at radius 2 is 1.89 bits per heavy atom. The molecule has 1 atom stereocenters. The number of nitrogens with zero attached hydrogens (tertiary/aromatic N) is 7. The highest BCUT2D eigenvalue weighted by Gasteiger charge is 2.16. The van der Waals surface area contributed by atoms with E-state index in [-0.39, 0.29) is 11.9 Å². The summed E-state index contributed by atoms with van der Waals surface area (Å²) in [5.74, 6) is 1.03. The lowest BCUT2D eigenvalue weighted by atomic mass is 10.1. The lowest BCUT2D eigenvalue weighted by Crippen LogP contribution is -2.27. The molecule has 176 valence electrons. The molecular formula is C25H24N8OS. The summed E-state index contributed by atoms with van der Waals surface area (Å²) in [6.07, 6.45) is 3.14. The van der Waals surface area contributed by atoms with Crippen molar-refractivity contribution in [3.05, 3.63) is 95.3 Å². The Balaban J connectivity index is 1.27. The summed E-state index contributed by atoms with van der Waals surface area (Å²) in [6.45, 7) is 5.89. The topological polar surface area (TPSA) is 103 Å². The minimum Gasteiger partial charge on any atom is -0.346 e. The molecule has 0 fully saturated rings. The molecule has 1 amide bonds. The zero-order chi connectivity index (χ0) is 24.4. The molecule has 0 aliphatic heterocycles. The van der Waals surface area contributed by atoms with Gasteiger partial charge in [-0.2, -0.15) is 10.1 Å². The van der Waals surface area contributed by atoms with E-state index in [1.54, 1.807) is 15.5 Å². The van der Waals surface area contributed by atoms with Crippen LogP contribution in [0.4, 0.5) is 0 Å². The second kappa shape index (κ2) is 9.67. The minimum atomic E-state index is -0.162. The number of thioether (sulfide) groups is 1. The number of nitrogens with one attached hydrogen (secondary N) is 1. The SMILES string of the molecule is Cc1cc(C)n2nc(SCc3ccccc3C(=O)NC(C)c3ccc(-n4cncn4)cc3)nc2n1. The van der Waals surface area contributed by atoms with Gasteiger partial charge in [0, 0.05) is 22.7 Å². The Hall–Kier alpha value is -4.05. The first-order valence-electron chi connectivity index (χ1n) is 11.2. The van der Waals surface area contributed by atoms with Gasteiger partial charge in [-0.3, -0.25) is 4.79 Å². The van der Waals surface area contributed by atoms with Crippen molar-refractivity contribution in [3.63, 3.8) is 0 Å². The summed E-state index contributed by atoms with van der Waals surface area (Å²) in [4.78, 5) is 26.1. The Bertz CT molecular complexity index is 1480. The third-order valence-electron chi connectivity index (χ3n) is 5.64. The zero-order valence-electron chi connectivity index (χ0n) is 19.6. The number of carbonyl (C=O) groups excluding carboxylic acids is 1. The largest absolute Gasteiger partial charge is 0.346 e. The van der Waals surface area contributed by atoms with Gasteiger partial charge in [0.25, 0.3) is 11.7 Å². The van der Waals surface area contributed by atoms with E-state index in [2.05, 4.69) is 30.5 Å². The van der Waals surface area contributed by atoms with Gasteiger partial charge in [-0.15, -0.1) is 5.10 Å². The molecule has 2 aromatic carbocycles. The highest BCUT2D eigenvalue weighted by Crippen LogP contribution is 2.24. The van der Waals surface area contributed by atoms with Crippen LogP contribution in [0.1, 0.15) is 45.8 Å². The Labute approximate surface area is 206 Å². The Morgan fingerprint density at radius 1 is 1.09 bits per heavy atom. The summed E-state index contributed by atoms with van der Waals surface area (Å²) in [7, 11) is 0. The number of fused-ring (bicyclic) bond motifs is 1. The van der Waals surface area contributed by atoms with Crippen LogP contribution in [-0.4, -0.2) is 40.3 Å². The lowest BCUT2D eigenvalue weighted by Gasteiger charge is -2.16. The summed E-state index contributed by atoms with van der Waals surface area (Å²) >= 11 is 1.48. The number of amides is 1. The number of benzene rings is 2. The van der Waals surface area contributed by atoms with Crippen molar-refractivity contribution < 1.29 is 4.79 Å². The molecule has 10 heteroatoms.